The Kier molecular flexibility index (Phi) is 1.94. The van der Waals surface area contributed by atoms with Crippen molar-refractivity contribution < 1.29 is 4.74 Å². The van der Waals surface area contributed by atoms with Crippen molar-refractivity contribution in [2.75, 3.05) is 39.4 Å². The molecule has 0 atom stereocenters. The average Bonchev–Trinajstić information content (AvgIpc) is 2.58. The molecule has 4 nitrogen and oxygen atoms in total. The van der Waals surface area contributed by atoms with Gasteiger partial charge in [0.15, 0.2) is 5.96 Å². The maximum absolute atomic E-state index is 5.23. The zero-order chi connectivity index (χ0) is 7.52. The summed E-state index contributed by atoms with van der Waals surface area (Å²) in [6.45, 7) is 5.54. The van der Waals surface area contributed by atoms with Crippen molar-refractivity contribution in [2.24, 2.45) is 4.99 Å². The molecule has 0 spiro atoms. The highest BCUT2D eigenvalue weighted by molar-refractivity contribution is 5.81. The molecule has 1 saturated heterocycles. The Morgan fingerprint density at radius 1 is 1.36 bits per heavy atom. The molecule has 0 unspecified atom stereocenters. The van der Waals surface area contributed by atoms with E-state index in [4.69, 9.17) is 4.74 Å². The fourth-order valence-corrected chi connectivity index (χ4v) is 1.37. The van der Waals surface area contributed by atoms with Crippen LogP contribution in [0.3, 0.4) is 0 Å². The van der Waals surface area contributed by atoms with Gasteiger partial charge in [0.1, 0.15) is 0 Å². The van der Waals surface area contributed by atoms with Gasteiger partial charge in [-0.25, -0.2) is 0 Å². The molecule has 2 rings (SSSR count). The summed E-state index contributed by atoms with van der Waals surface area (Å²) in [7, 11) is 0. The van der Waals surface area contributed by atoms with E-state index in [0.717, 1.165) is 45.4 Å². The molecule has 4 heteroatoms. The zero-order valence-corrected chi connectivity index (χ0v) is 6.55. The molecule has 2 heterocycles. The topological polar surface area (TPSA) is 36.9 Å². The van der Waals surface area contributed by atoms with Crippen molar-refractivity contribution in [1.29, 1.82) is 0 Å². The molecule has 0 aromatic heterocycles. The van der Waals surface area contributed by atoms with Crippen LogP contribution >= 0.6 is 0 Å². The van der Waals surface area contributed by atoms with E-state index in [0.29, 0.717) is 0 Å². The van der Waals surface area contributed by atoms with Gasteiger partial charge in [-0.15, -0.1) is 0 Å². The molecule has 0 aliphatic carbocycles. The second-order valence-electron chi connectivity index (χ2n) is 2.73. The van der Waals surface area contributed by atoms with E-state index in [-0.39, 0.29) is 0 Å². The minimum Gasteiger partial charge on any atom is -0.378 e. The molecular weight excluding hydrogens is 142 g/mol. The van der Waals surface area contributed by atoms with Crippen molar-refractivity contribution >= 4 is 5.96 Å². The Bertz CT molecular complexity index is 163. The van der Waals surface area contributed by atoms with Gasteiger partial charge < -0.3 is 15.0 Å². The van der Waals surface area contributed by atoms with Crippen LogP contribution in [0.25, 0.3) is 0 Å². The maximum Gasteiger partial charge on any atom is 0.194 e. The van der Waals surface area contributed by atoms with Crippen LogP contribution in [0.1, 0.15) is 0 Å². The number of morpholine rings is 1. The quantitative estimate of drug-likeness (QED) is 0.501. The first-order chi connectivity index (χ1) is 5.47. The first-order valence-electron chi connectivity index (χ1n) is 4.08. The monoisotopic (exact) mass is 155 g/mol. The van der Waals surface area contributed by atoms with Crippen molar-refractivity contribution in [3.8, 4) is 0 Å². The summed E-state index contributed by atoms with van der Waals surface area (Å²) in [5.41, 5.74) is 0. The van der Waals surface area contributed by atoms with Gasteiger partial charge in [-0.3, -0.25) is 4.99 Å². The second kappa shape index (κ2) is 3.09. The number of guanidine groups is 1. The van der Waals surface area contributed by atoms with E-state index in [1.165, 1.54) is 0 Å². The number of nitrogens with one attached hydrogen (secondary N) is 1. The third-order valence-corrected chi connectivity index (χ3v) is 1.97. The molecule has 0 amide bonds. The van der Waals surface area contributed by atoms with Gasteiger partial charge in [-0.1, -0.05) is 0 Å². The number of hydrogen-bond donors (Lipinski definition) is 1. The summed E-state index contributed by atoms with van der Waals surface area (Å²) in [5.74, 6) is 1.06. The minimum absolute atomic E-state index is 0.834. The number of nitrogens with zero attached hydrogens (tertiary/aromatic N) is 2. The fourth-order valence-electron chi connectivity index (χ4n) is 1.37. The fraction of sp³-hybridized carbons (Fsp3) is 0.857. The summed E-state index contributed by atoms with van der Waals surface area (Å²) in [6, 6.07) is 0. The zero-order valence-electron chi connectivity index (χ0n) is 6.55. The van der Waals surface area contributed by atoms with Gasteiger partial charge in [0.05, 0.1) is 19.8 Å². The minimum atomic E-state index is 0.834. The molecule has 1 N–H and O–H groups in total. The van der Waals surface area contributed by atoms with Gasteiger partial charge in [-0.05, 0) is 0 Å². The maximum atomic E-state index is 5.23. The molecule has 2 aliphatic rings. The van der Waals surface area contributed by atoms with E-state index in [1.807, 2.05) is 0 Å². The molecule has 0 bridgehead atoms. The third-order valence-electron chi connectivity index (χ3n) is 1.97. The van der Waals surface area contributed by atoms with Crippen LogP contribution in [0.15, 0.2) is 4.99 Å². The number of aliphatic imine (C=N–C) groups is 1. The van der Waals surface area contributed by atoms with Crippen molar-refractivity contribution in [3.05, 3.63) is 0 Å². The van der Waals surface area contributed by atoms with Crippen LogP contribution in [-0.4, -0.2) is 50.3 Å². The predicted molar refractivity (Wildman–Crippen MR) is 42.7 cm³/mol. The highest BCUT2D eigenvalue weighted by Gasteiger charge is 2.16. The van der Waals surface area contributed by atoms with Crippen LogP contribution in [0, 0.1) is 0 Å². The Hall–Kier alpha value is -0.770. The summed E-state index contributed by atoms with van der Waals surface area (Å²) in [6.07, 6.45) is 0. The molecule has 62 valence electrons. The van der Waals surface area contributed by atoms with Gasteiger partial charge in [-0.2, -0.15) is 0 Å². The summed E-state index contributed by atoms with van der Waals surface area (Å²) in [5, 5.41) is 3.25. The smallest absolute Gasteiger partial charge is 0.194 e. The van der Waals surface area contributed by atoms with Crippen LogP contribution in [0.5, 0.6) is 0 Å². The van der Waals surface area contributed by atoms with Crippen LogP contribution in [0.4, 0.5) is 0 Å². The predicted octanol–water partition coefficient (Wildman–Crippen LogP) is -0.722. The van der Waals surface area contributed by atoms with Crippen molar-refractivity contribution in [3.63, 3.8) is 0 Å². The van der Waals surface area contributed by atoms with Crippen LogP contribution in [0.2, 0.25) is 0 Å². The Morgan fingerprint density at radius 2 is 2.18 bits per heavy atom. The van der Waals surface area contributed by atoms with E-state index in [2.05, 4.69) is 15.2 Å². The SMILES string of the molecule is C1CNC(N2CCOCC2)=N1. The molecule has 11 heavy (non-hydrogen) atoms. The summed E-state index contributed by atoms with van der Waals surface area (Å²) >= 11 is 0. The normalized spacial score (nSPS) is 24.7. The third kappa shape index (κ3) is 1.45. The largest absolute Gasteiger partial charge is 0.378 e. The summed E-state index contributed by atoms with van der Waals surface area (Å²) < 4.78 is 5.23. The van der Waals surface area contributed by atoms with E-state index < -0.39 is 0 Å². The lowest BCUT2D eigenvalue weighted by atomic mass is 10.4. The molecule has 2 aliphatic heterocycles. The number of rotatable bonds is 0. The second-order valence-corrected chi connectivity index (χ2v) is 2.73. The van der Waals surface area contributed by atoms with Gasteiger partial charge in [0.25, 0.3) is 0 Å². The lowest BCUT2D eigenvalue weighted by Crippen LogP contribution is -2.45. The van der Waals surface area contributed by atoms with Crippen molar-refractivity contribution in [1.82, 2.24) is 10.2 Å². The van der Waals surface area contributed by atoms with Crippen molar-refractivity contribution in [2.45, 2.75) is 0 Å². The first-order valence-corrected chi connectivity index (χ1v) is 4.08. The van der Waals surface area contributed by atoms with E-state index in [9.17, 15) is 0 Å². The van der Waals surface area contributed by atoms with E-state index in [1.54, 1.807) is 0 Å². The lowest BCUT2D eigenvalue weighted by Gasteiger charge is -2.28. The Labute approximate surface area is 66.2 Å². The molecule has 1 fully saturated rings. The highest BCUT2D eigenvalue weighted by atomic mass is 16.5. The highest BCUT2D eigenvalue weighted by Crippen LogP contribution is 1.99. The van der Waals surface area contributed by atoms with Gasteiger partial charge in [0, 0.05) is 19.6 Å². The molecule has 0 aromatic carbocycles. The first kappa shape index (κ1) is 6.91. The number of ether oxygens (including phenoxy) is 1. The Balaban J connectivity index is 1.92. The Morgan fingerprint density at radius 3 is 2.82 bits per heavy atom. The lowest BCUT2D eigenvalue weighted by molar-refractivity contribution is 0.0669. The average molecular weight is 155 g/mol. The van der Waals surface area contributed by atoms with E-state index >= 15 is 0 Å². The molecule has 0 radical (unpaired) electrons. The summed E-state index contributed by atoms with van der Waals surface area (Å²) in [4.78, 5) is 6.58. The van der Waals surface area contributed by atoms with Crippen LogP contribution in [-0.2, 0) is 4.74 Å². The molecule has 0 saturated carbocycles. The van der Waals surface area contributed by atoms with Gasteiger partial charge >= 0.3 is 0 Å². The molecule has 0 aromatic rings. The number of hydrogen-bond acceptors (Lipinski definition) is 4. The standard InChI is InChI=1S/C7H13N3O/c1-2-9-7(8-1)10-3-5-11-6-4-10/h1-6H2,(H,8,9). The molecular formula is C7H13N3O. The van der Waals surface area contributed by atoms with Gasteiger partial charge in [0.2, 0.25) is 0 Å². The van der Waals surface area contributed by atoms with Crippen LogP contribution < -0.4 is 5.32 Å².